The molecular formula is C25H42O6. The number of hydrogen-bond donors (Lipinski definition) is 4. The second-order valence-corrected chi connectivity index (χ2v) is 11.7. The van der Waals surface area contributed by atoms with Crippen LogP contribution in [0, 0.1) is 46.3 Å². The Bertz CT molecular complexity index is 683. The molecular weight excluding hydrogens is 396 g/mol. The van der Waals surface area contributed by atoms with E-state index < -0.39 is 24.4 Å². The molecule has 0 aromatic carbocycles. The third-order valence-corrected chi connectivity index (χ3v) is 10.6. The van der Waals surface area contributed by atoms with Gasteiger partial charge >= 0.3 is 5.97 Å². The molecule has 6 heteroatoms. The Kier molecular flexibility index (Phi) is 6.26. The van der Waals surface area contributed by atoms with E-state index in [1.807, 2.05) is 0 Å². The van der Waals surface area contributed by atoms with Crippen molar-refractivity contribution in [1.29, 1.82) is 0 Å². The lowest BCUT2D eigenvalue weighted by atomic mass is 9.42. The van der Waals surface area contributed by atoms with Crippen molar-refractivity contribution in [2.75, 3.05) is 7.11 Å². The highest BCUT2D eigenvalue weighted by Crippen LogP contribution is 2.68. The molecule has 0 aliphatic heterocycles. The molecule has 0 bridgehead atoms. The van der Waals surface area contributed by atoms with Gasteiger partial charge in [0, 0.05) is 6.42 Å². The highest BCUT2D eigenvalue weighted by molar-refractivity contribution is 5.69. The molecule has 178 valence electrons. The van der Waals surface area contributed by atoms with Crippen molar-refractivity contribution < 1.29 is 30.0 Å². The van der Waals surface area contributed by atoms with E-state index in [-0.39, 0.29) is 52.3 Å². The topological polar surface area (TPSA) is 107 Å². The fourth-order valence-electron chi connectivity index (χ4n) is 8.82. The van der Waals surface area contributed by atoms with E-state index >= 15 is 0 Å². The average Bonchev–Trinajstić information content (AvgIpc) is 3.10. The highest BCUT2D eigenvalue weighted by Gasteiger charge is 2.67. The SMILES string of the molecule is COC(=O)CCC(C)C1CCC2C3C(O)C(O)C4CC(O)CCC4(C)C3CC(O)C12C. The zero-order chi connectivity index (χ0) is 22.7. The van der Waals surface area contributed by atoms with Crippen LogP contribution in [0.1, 0.15) is 72.1 Å². The number of rotatable bonds is 4. The monoisotopic (exact) mass is 438 g/mol. The molecule has 6 nitrogen and oxygen atoms in total. The number of carbonyl (C=O) groups is 1. The first kappa shape index (κ1) is 23.5. The molecule has 0 radical (unpaired) electrons. The summed E-state index contributed by atoms with van der Waals surface area (Å²) in [5, 5.41) is 44.2. The molecule has 4 rings (SSSR count). The van der Waals surface area contributed by atoms with Crippen LogP contribution in [0.4, 0.5) is 0 Å². The third kappa shape index (κ3) is 3.48. The summed E-state index contributed by atoms with van der Waals surface area (Å²) < 4.78 is 4.81. The van der Waals surface area contributed by atoms with Gasteiger partial charge in [-0.2, -0.15) is 0 Å². The minimum Gasteiger partial charge on any atom is -0.469 e. The van der Waals surface area contributed by atoms with Crippen molar-refractivity contribution in [3.8, 4) is 0 Å². The number of ether oxygens (including phenoxy) is 1. The summed E-state index contributed by atoms with van der Waals surface area (Å²) in [7, 11) is 1.42. The molecule has 0 heterocycles. The molecule has 0 spiro atoms. The molecule has 0 aromatic heterocycles. The Balaban J connectivity index is 1.61. The normalized spacial score (nSPS) is 52.6. The van der Waals surface area contributed by atoms with Gasteiger partial charge in [-0.25, -0.2) is 0 Å². The van der Waals surface area contributed by atoms with E-state index in [4.69, 9.17) is 4.74 Å². The van der Waals surface area contributed by atoms with Gasteiger partial charge < -0.3 is 25.2 Å². The molecule has 0 aromatic rings. The number of hydrogen-bond acceptors (Lipinski definition) is 6. The summed E-state index contributed by atoms with van der Waals surface area (Å²) >= 11 is 0. The van der Waals surface area contributed by atoms with Crippen LogP contribution in [0.2, 0.25) is 0 Å². The van der Waals surface area contributed by atoms with E-state index in [0.717, 1.165) is 32.1 Å². The highest BCUT2D eigenvalue weighted by atomic mass is 16.5. The Labute approximate surface area is 186 Å². The van der Waals surface area contributed by atoms with Gasteiger partial charge in [0.25, 0.3) is 0 Å². The van der Waals surface area contributed by atoms with Gasteiger partial charge in [0.2, 0.25) is 0 Å². The maximum absolute atomic E-state index is 11.7. The van der Waals surface area contributed by atoms with E-state index in [9.17, 15) is 25.2 Å². The number of aliphatic hydroxyl groups excluding tert-OH is 4. The predicted molar refractivity (Wildman–Crippen MR) is 116 cm³/mol. The molecule has 4 fully saturated rings. The largest absolute Gasteiger partial charge is 0.469 e. The van der Waals surface area contributed by atoms with Crippen molar-refractivity contribution in [2.24, 2.45) is 46.3 Å². The van der Waals surface area contributed by atoms with E-state index in [0.29, 0.717) is 19.3 Å². The molecule has 4 aliphatic rings. The first-order valence-electron chi connectivity index (χ1n) is 12.3. The number of methoxy groups -OCH3 is 1. The summed E-state index contributed by atoms with van der Waals surface area (Å²) in [5.74, 6) is 0.514. The quantitative estimate of drug-likeness (QED) is 0.503. The predicted octanol–water partition coefficient (Wildman–Crippen LogP) is 2.51. The van der Waals surface area contributed by atoms with Crippen molar-refractivity contribution in [3.05, 3.63) is 0 Å². The second kappa shape index (κ2) is 8.27. The molecule has 4 N–H and O–H groups in total. The Morgan fingerprint density at radius 2 is 1.71 bits per heavy atom. The standard InChI is InChI=1S/C25H42O6/c1-13(5-8-20(28)31-4)15-6-7-16-21-17(12-19(27)25(15,16)3)24(2)10-9-14(26)11-18(24)22(29)23(21)30/h13-19,21-23,26-27,29-30H,5-12H2,1-4H3. The van der Waals surface area contributed by atoms with E-state index in [2.05, 4.69) is 20.8 Å². The van der Waals surface area contributed by atoms with Crippen LogP contribution in [-0.4, -0.2) is 57.9 Å². The van der Waals surface area contributed by atoms with E-state index in [1.165, 1.54) is 7.11 Å². The van der Waals surface area contributed by atoms with Crippen LogP contribution < -0.4 is 0 Å². The van der Waals surface area contributed by atoms with Crippen LogP contribution in [0.15, 0.2) is 0 Å². The zero-order valence-corrected chi connectivity index (χ0v) is 19.5. The summed E-state index contributed by atoms with van der Waals surface area (Å²) in [5.41, 5.74) is -0.492. The zero-order valence-electron chi connectivity index (χ0n) is 19.5. The maximum atomic E-state index is 11.7. The van der Waals surface area contributed by atoms with Crippen LogP contribution in [0.25, 0.3) is 0 Å². The van der Waals surface area contributed by atoms with Gasteiger partial charge in [0.1, 0.15) is 0 Å². The van der Waals surface area contributed by atoms with Gasteiger partial charge in [0.05, 0.1) is 31.5 Å². The van der Waals surface area contributed by atoms with Crippen LogP contribution in [0.3, 0.4) is 0 Å². The molecule has 31 heavy (non-hydrogen) atoms. The van der Waals surface area contributed by atoms with Gasteiger partial charge in [-0.1, -0.05) is 20.8 Å². The molecule has 0 amide bonds. The minimum absolute atomic E-state index is 0.0299. The summed E-state index contributed by atoms with van der Waals surface area (Å²) in [6, 6.07) is 0. The van der Waals surface area contributed by atoms with Gasteiger partial charge in [-0.05, 0) is 91.3 Å². The minimum atomic E-state index is -0.823. The van der Waals surface area contributed by atoms with Crippen molar-refractivity contribution in [3.63, 3.8) is 0 Å². The van der Waals surface area contributed by atoms with E-state index in [1.54, 1.807) is 0 Å². The van der Waals surface area contributed by atoms with Gasteiger partial charge in [-0.3, -0.25) is 4.79 Å². The number of esters is 1. The first-order valence-corrected chi connectivity index (χ1v) is 12.3. The van der Waals surface area contributed by atoms with Crippen molar-refractivity contribution in [2.45, 2.75) is 96.6 Å². The van der Waals surface area contributed by atoms with Crippen LogP contribution in [-0.2, 0) is 9.53 Å². The Hall–Kier alpha value is -0.690. The maximum Gasteiger partial charge on any atom is 0.305 e. The molecule has 4 saturated carbocycles. The van der Waals surface area contributed by atoms with Crippen LogP contribution in [0.5, 0.6) is 0 Å². The lowest BCUT2D eigenvalue weighted by molar-refractivity contribution is -0.243. The van der Waals surface area contributed by atoms with Gasteiger partial charge in [-0.15, -0.1) is 0 Å². The lowest BCUT2D eigenvalue weighted by Crippen LogP contribution is -2.66. The lowest BCUT2D eigenvalue weighted by Gasteiger charge is -2.64. The summed E-state index contributed by atoms with van der Waals surface area (Å²) in [6.07, 6.45) is 3.27. The third-order valence-electron chi connectivity index (χ3n) is 10.6. The van der Waals surface area contributed by atoms with Crippen molar-refractivity contribution in [1.82, 2.24) is 0 Å². The number of aliphatic hydroxyl groups is 4. The fraction of sp³-hybridized carbons (Fsp3) is 0.960. The van der Waals surface area contributed by atoms with Gasteiger partial charge in [0.15, 0.2) is 0 Å². The average molecular weight is 439 g/mol. The fourth-order valence-corrected chi connectivity index (χ4v) is 8.82. The van der Waals surface area contributed by atoms with Crippen molar-refractivity contribution >= 4 is 5.97 Å². The summed E-state index contributed by atoms with van der Waals surface area (Å²) in [4.78, 5) is 11.7. The number of carbonyl (C=O) groups excluding carboxylic acids is 1. The number of fused-ring (bicyclic) bond motifs is 5. The molecule has 4 aliphatic carbocycles. The van der Waals surface area contributed by atoms with Crippen LogP contribution >= 0.6 is 0 Å². The first-order chi connectivity index (χ1) is 14.6. The summed E-state index contributed by atoms with van der Waals surface area (Å²) in [6.45, 7) is 6.58. The molecule has 0 saturated heterocycles. The smallest absolute Gasteiger partial charge is 0.305 e. The Morgan fingerprint density at radius 1 is 1.00 bits per heavy atom. The molecule has 12 unspecified atom stereocenters. The molecule has 12 atom stereocenters. The second-order valence-electron chi connectivity index (χ2n) is 11.7. The Morgan fingerprint density at radius 3 is 2.39 bits per heavy atom.